The summed E-state index contributed by atoms with van der Waals surface area (Å²) in [6.45, 7) is 7.14. The lowest BCUT2D eigenvalue weighted by molar-refractivity contribution is -0.962. The van der Waals surface area contributed by atoms with Gasteiger partial charge in [0.15, 0.2) is 6.04 Å². The molecule has 8 heteroatoms. The number of pyridine rings is 1. The van der Waals surface area contributed by atoms with E-state index in [2.05, 4.69) is 46.5 Å². The molecule has 0 fully saturated rings. The molecule has 1 N–H and O–H groups in total. The van der Waals surface area contributed by atoms with Crippen LogP contribution in [0.2, 0.25) is 5.02 Å². The Balaban J connectivity index is 1.97. The molecule has 7 nitrogen and oxygen atoms in total. The van der Waals surface area contributed by atoms with E-state index in [4.69, 9.17) is 16.3 Å². The quantitative estimate of drug-likeness (QED) is 0.550. The maximum absolute atomic E-state index is 6.49. The number of hydrogen-bond donors (Lipinski definition) is 1. The van der Waals surface area contributed by atoms with Crippen molar-refractivity contribution >= 4 is 11.6 Å². The molecule has 0 spiro atoms. The predicted octanol–water partition coefficient (Wildman–Crippen LogP) is 2.35. The molecule has 0 saturated carbocycles. The van der Waals surface area contributed by atoms with E-state index >= 15 is 0 Å². The van der Waals surface area contributed by atoms with Crippen molar-refractivity contribution in [2.75, 3.05) is 13.7 Å². The molecule has 29 heavy (non-hydrogen) atoms. The first-order chi connectivity index (χ1) is 14.1. The summed E-state index contributed by atoms with van der Waals surface area (Å²) in [6.07, 6.45) is 3.71. The third-order valence-corrected chi connectivity index (χ3v) is 5.35. The average molecular weight is 416 g/mol. The Morgan fingerprint density at radius 1 is 1.14 bits per heavy atom. The Bertz CT molecular complexity index is 886. The predicted molar refractivity (Wildman–Crippen MR) is 111 cm³/mol. The van der Waals surface area contributed by atoms with Gasteiger partial charge in [0.2, 0.25) is 5.82 Å². The van der Waals surface area contributed by atoms with Crippen LogP contribution in [0.5, 0.6) is 0 Å². The topological polar surface area (TPSA) is 70.2 Å². The van der Waals surface area contributed by atoms with Gasteiger partial charge < -0.3 is 9.64 Å². The molecular formula is C21H28ClN6O+. The van der Waals surface area contributed by atoms with E-state index in [9.17, 15) is 0 Å². The highest BCUT2D eigenvalue weighted by atomic mass is 35.5. The van der Waals surface area contributed by atoms with Crippen LogP contribution in [0.4, 0.5) is 0 Å². The number of tetrazole rings is 1. The molecule has 0 saturated heterocycles. The third kappa shape index (κ3) is 5.59. The van der Waals surface area contributed by atoms with Crippen molar-refractivity contribution in [3.05, 3.63) is 70.8 Å². The Morgan fingerprint density at radius 3 is 2.66 bits per heavy atom. The maximum atomic E-state index is 6.49. The van der Waals surface area contributed by atoms with Crippen molar-refractivity contribution in [2.45, 2.75) is 39.5 Å². The Hall–Kier alpha value is -2.35. The second-order valence-electron chi connectivity index (χ2n) is 7.44. The van der Waals surface area contributed by atoms with Crippen LogP contribution in [0, 0.1) is 5.92 Å². The van der Waals surface area contributed by atoms with Gasteiger partial charge >= 0.3 is 0 Å². The van der Waals surface area contributed by atoms with Gasteiger partial charge in [-0.15, -0.1) is 5.10 Å². The van der Waals surface area contributed by atoms with Gasteiger partial charge in [0.1, 0.15) is 13.1 Å². The average Bonchev–Trinajstić information content (AvgIpc) is 3.16. The van der Waals surface area contributed by atoms with Crippen LogP contribution in [0.1, 0.15) is 36.8 Å². The molecule has 154 valence electrons. The van der Waals surface area contributed by atoms with Gasteiger partial charge in [0.05, 0.1) is 13.2 Å². The molecule has 0 amide bonds. The fourth-order valence-corrected chi connectivity index (χ4v) is 3.86. The maximum Gasteiger partial charge on any atom is 0.209 e. The summed E-state index contributed by atoms with van der Waals surface area (Å²) in [5.41, 5.74) is 2.27. The molecule has 0 aliphatic heterocycles. The summed E-state index contributed by atoms with van der Waals surface area (Å²) < 4.78 is 7.08. The molecule has 0 aliphatic rings. The molecule has 0 aliphatic carbocycles. The minimum atomic E-state index is 0.0818. The highest BCUT2D eigenvalue weighted by Gasteiger charge is 2.33. The molecule has 2 heterocycles. The van der Waals surface area contributed by atoms with Crippen LogP contribution in [-0.4, -0.2) is 38.9 Å². The number of aromatic nitrogens is 5. The van der Waals surface area contributed by atoms with Crippen LogP contribution in [0.15, 0.2) is 48.8 Å². The smallest absolute Gasteiger partial charge is 0.209 e. The summed E-state index contributed by atoms with van der Waals surface area (Å²) in [6, 6.07) is 12.1. The number of quaternary nitrogens is 1. The first-order valence-electron chi connectivity index (χ1n) is 9.82. The van der Waals surface area contributed by atoms with Crippen molar-refractivity contribution in [3.8, 4) is 0 Å². The van der Waals surface area contributed by atoms with Crippen LogP contribution < -0.4 is 4.90 Å². The standard InChI is InChI=1S/C21H27ClN6O/c1-16(2)20(21-24-25-26-28(21)11-12-29-3)27(14-17-7-6-10-23-13-17)15-18-8-4-5-9-19(18)22/h4-10,13,16,20H,11-12,14-15H2,1-3H3/p+1/t20-/m1/s1. The van der Waals surface area contributed by atoms with E-state index in [1.807, 2.05) is 35.1 Å². The highest BCUT2D eigenvalue weighted by Crippen LogP contribution is 2.19. The van der Waals surface area contributed by atoms with Gasteiger partial charge in [0, 0.05) is 41.6 Å². The van der Waals surface area contributed by atoms with Crippen molar-refractivity contribution in [3.63, 3.8) is 0 Å². The van der Waals surface area contributed by atoms with Gasteiger partial charge in [-0.05, 0) is 22.6 Å². The van der Waals surface area contributed by atoms with Crippen molar-refractivity contribution < 1.29 is 9.64 Å². The number of halogens is 1. The van der Waals surface area contributed by atoms with E-state index in [0.717, 1.165) is 35.1 Å². The highest BCUT2D eigenvalue weighted by molar-refractivity contribution is 6.31. The number of benzene rings is 1. The Kier molecular flexibility index (Phi) is 7.69. The summed E-state index contributed by atoms with van der Waals surface area (Å²) in [4.78, 5) is 5.60. The van der Waals surface area contributed by atoms with Gasteiger partial charge in [-0.3, -0.25) is 4.98 Å². The minimum Gasteiger partial charge on any atom is -0.383 e. The number of ether oxygens (including phenoxy) is 1. The van der Waals surface area contributed by atoms with Crippen LogP contribution >= 0.6 is 11.6 Å². The minimum absolute atomic E-state index is 0.0818. The SMILES string of the molecule is COCCn1nnnc1[C@@H](C(C)C)[NH+](Cc1cccnc1)Cc1ccccc1Cl. The second-order valence-corrected chi connectivity index (χ2v) is 7.85. The zero-order valence-electron chi connectivity index (χ0n) is 17.1. The van der Waals surface area contributed by atoms with Gasteiger partial charge in [-0.25, -0.2) is 4.68 Å². The monoisotopic (exact) mass is 415 g/mol. The molecule has 1 aromatic carbocycles. The third-order valence-electron chi connectivity index (χ3n) is 4.98. The molecular weight excluding hydrogens is 388 g/mol. The summed E-state index contributed by atoms with van der Waals surface area (Å²) in [7, 11) is 1.68. The van der Waals surface area contributed by atoms with Gasteiger partial charge in [-0.2, -0.15) is 0 Å². The Labute approximate surface area is 176 Å². The van der Waals surface area contributed by atoms with Gasteiger partial charge in [-0.1, -0.05) is 49.7 Å². The van der Waals surface area contributed by atoms with Crippen LogP contribution in [0.25, 0.3) is 0 Å². The zero-order chi connectivity index (χ0) is 20.6. The lowest BCUT2D eigenvalue weighted by Gasteiger charge is -2.31. The molecule has 0 bridgehead atoms. The summed E-state index contributed by atoms with van der Waals surface area (Å²) in [5, 5.41) is 13.3. The molecule has 0 radical (unpaired) electrons. The molecule has 3 aromatic rings. The largest absolute Gasteiger partial charge is 0.383 e. The lowest BCUT2D eigenvalue weighted by Crippen LogP contribution is -3.10. The molecule has 1 unspecified atom stereocenters. The van der Waals surface area contributed by atoms with E-state index in [1.165, 1.54) is 4.90 Å². The van der Waals surface area contributed by atoms with Crippen LogP contribution in [0.3, 0.4) is 0 Å². The lowest BCUT2D eigenvalue weighted by atomic mass is 9.99. The number of nitrogens with one attached hydrogen (secondary N) is 1. The van der Waals surface area contributed by atoms with Crippen molar-refractivity contribution in [2.24, 2.45) is 5.92 Å². The summed E-state index contributed by atoms with van der Waals surface area (Å²) >= 11 is 6.49. The summed E-state index contributed by atoms with van der Waals surface area (Å²) in [5.74, 6) is 1.18. The van der Waals surface area contributed by atoms with Gasteiger partial charge in [0.25, 0.3) is 0 Å². The second kappa shape index (κ2) is 10.4. The molecule has 2 aromatic heterocycles. The molecule has 3 rings (SSSR count). The zero-order valence-corrected chi connectivity index (χ0v) is 17.9. The van der Waals surface area contributed by atoms with E-state index in [1.54, 1.807) is 13.3 Å². The van der Waals surface area contributed by atoms with E-state index < -0.39 is 0 Å². The number of rotatable bonds is 10. The number of hydrogen-bond acceptors (Lipinski definition) is 5. The van der Waals surface area contributed by atoms with E-state index in [0.29, 0.717) is 19.1 Å². The fraction of sp³-hybridized carbons (Fsp3) is 0.429. The molecule has 2 atom stereocenters. The first kappa shape index (κ1) is 21.4. The number of methoxy groups -OCH3 is 1. The van der Waals surface area contributed by atoms with E-state index in [-0.39, 0.29) is 6.04 Å². The normalized spacial score (nSPS) is 13.6. The van der Waals surface area contributed by atoms with Crippen LogP contribution in [-0.2, 0) is 24.4 Å². The van der Waals surface area contributed by atoms with Crippen molar-refractivity contribution in [1.29, 1.82) is 0 Å². The fourth-order valence-electron chi connectivity index (χ4n) is 3.66. The van der Waals surface area contributed by atoms with Crippen molar-refractivity contribution in [1.82, 2.24) is 25.2 Å². The number of nitrogens with zero attached hydrogens (tertiary/aromatic N) is 5. The first-order valence-corrected chi connectivity index (χ1v) is 10.2. The Morgan fingerprint density at radius 2 is 1.97 bits per heavy atom.